The lowest BCUT2D eigenvalue weighted by Gasteiger charge is -2.41. The monoisotopic (exact) mass is 339 g/mol. The third-order valence-corrected chi connectivity index (χ3v) is 6.72. The number of H-pyrrole nitrogens is 1. The Kier molecular flexibility index (Phi) is 4.26. The van der Waals surface area contributed by atoms with Gasteiger partial charge in [-0.15, -0.1) is 0 Å². The van der Waals surface area contributed by atoms with E-state index in [1.54, 1.807) is 0 Å². The highest BCUT2D eigenvalue weighted by Crippen LogP contribution is 2.38. The Hall–Kier alpha value is -1.39. The van der Waals surface area contributed by atoms with E-state index in [4.69, 9.17) is 4.74 Å². The molecule has 4 nitrogen and oxygen atoms in total. The summed E-state index contributed by atoms with van der Waals surface area (Å²) in [5, 5.41) is 1.29. The predicted molar refractivity (Wildman–Crippen MR) is 99.4 cm³/mol. The average molecular weight is 339 g/mol. The second kappa shape index (κ2) is 6.73. The van der Waals surface area contributed by atoms with E-state index >= 15 is 0 Å². The van der Waals surface area contributed by atoms with E-state index < -0.39 is 0 Å². The van der Waals surface area contributed by atoms with Crippen molar-refractivity contribution in [2.75, 3.05) is 19.7 Å². The summed E-state index contributed by atoms with van der Waals surface area (Å²) in [6.07, 6.45) is 11.6. The lowest BCUT2D eigenvalue weighted by Crippen LogP contribution is -2.41. The molecule has 4 heterocycles. The Bertz CT molecular complexity index is 734. The van der Waals surface area contributed by atoms with Crippen molar-refractivity contribution in [2.24, 2.45) is 11.8 Å². The fourth-order valence-corrected chi connectivity index (χ4v) is 5.39. The lowest BCUT2D eigenvalue weighted by atomic mass is 9.75. The van der Waals surface area contributed by atoms with Crippen LogP contribution in [0.4, 0.5) is 0 Å². The molecule has 3 aliphatic rings. The minimum atomic E-state index is 0.233. The van der Waals surface area contributed by atoms with Gasteiger partial charge in [0.15, 0.2) is 0 Å². The first kappa shape index (κ1) is 15.8. The van der Waals surface area contributed by atoms with E-state index in [1.165, 1.54) is 68.3 Å². The molecule has 1 saturated carbocycles. The number of likely N-dealkylation sites (tertiary alicyclic amines) is 1. The van der Waals surface area contributed by atoms with Gasteiger partial charge in [-0.05, 0) is 61.8 Å². The summed E-state index contributed by atoms with van der Waals surface area (Å²) in [5.41, 5.74) is 3.75. The van der Waals surface area contributed by atoms with E-state index in [-0.39, 0.29) is 6.10 Å². The molecule has 3 atom stereocenters. The van der Waals surface area contributed by atoms with Gasteiger partial charge in [0.2, 0.25) is 0 Å². The van der Waals surface area contributed by atoms with Crippen molar-refractivity contribution >= 4 is 11.0 Å². The maximum Gasteiger partial charge on any atom is 0.137 e. The largest absolute Gasteiger partial charge is 0.372 e. The number of nitrogens with zero attached hydrogens (tertiary/aromatic N) is 2. The zero-order chi connectivity index (χ0) is 16.6. The molecule has 5 rings (SSSR count). The summed E-state index contributed by atoms with van der Waals surface area (Å²) < 4.78 is 6.01. The Morgan fingerprint density at radius 1 is 1.12 bits per heavy atom. The van der Waals surface area contributed by atoms with Gasteiger partial charge in [-0.2, -0.15) is 0 Å². The van der Waals surface area contributed by atoms with E-state index in [0.29, 0.717) is 0 Å². The van der Waals surface area contributed by atoms with Crippen LogP contribution in [0.2, 0.25) is 0 Å². The number of aromatic amines is 1. The van der Waals surface area contributed by atoms with Crippen LogP contribution in [-0.4, -0.2) is 34.6 Å². The highest BCUT2D eigenvalue weighted by molar-refractivity contribution is 5.81. The van der Waals surface area contributed by atoms with Gasteiger partial charge in [0.05, 0.1) is 11.8 Å². The Morgan fingerprint density at radius 2 is 2.04 bits per heavy atom. The molecule has 2 aliphatic heterocycles. The van der Waals surface area contributed by atoms with E-state index in [0.717, 1.165) is 37.1 Å². The summed E-state index contributed by atoms with van der Waals surface area (Å²) in [5.74, 6) is 1.92. The Morgan fingerprint density at radius 3 is 2.92 bits per heavy atom. The summed E-state index contributed by atoms with van der Waals surface area (Å²) in [7, 11) is 0. The average Bonchev–Trinajstić information content (AvgIpc) is 3.30. The number of piperidine rings is 1. The number of hydrogen-bond donors (Lipinski definition) is 1. The van der Waals surface area contributed by atoms with Crippen molar-refractivity contribution in [2.45, 2.75) is 57.6 Å². The zero-order valence-electron chi connectivity index (χ0n) is 15.0. The van der Waals surface area contributed by atoms with Crippen molar-refractivity contribution in [3.8, 4) is 0 Å². The SMILES string of the molecule is c1cnc2[nH]c([C@H]3CCCO3)c(CN3CC[C@H]4CCCC[C@@H]4C3)c2c1. The van der Waals surface area contributed by atoms with Crippen LogP contribution >= 0.6 is 0 Å². The molecular weight excluding hydrogens is 310 g/mol. The lowest BCUT2D eigenvalue weighted by molar-refractivity contribution is 0.0796. The molecule has 2 aromatic heterocycles. The molecule has 2 aromatic rings. The molecule has 1 aliphatic carbocycles. The normalized spacial score (nSPS) is 30.6. The molecular formula is C21H29N3O. The van der Waals surface area contributed by atoms with Crippen LogP contribution in [0.1, 0.15) is 62.3 Å². The quantitative estimate of drug-likeness (QED) is 0.899. The maximum absolute atomic E-state index is 6.01. The molecule has 4 heteroatoms. The standard InChI is InChI=1S/C21H29N3O/c1-2-6-16-13-24(11-9-15(16)5-1)14-18-17-7-3-10-22-21(17)23-20(18)19-8-4-12-25-19/h3,7,10,15-16,19H,1-2,4-6,8-9,11-14H2,(H,22,23)/t15-,16-,19-/m1/s1. The van der Waals surface area contributed by atoms with Crippen molar-refractivity contribution < 1.29 is 4.74 Å². The van der Waals surface area contributed by atoms with Crippen molar-refractivity contribution in [3.05, 3.63) is 29.6 Å². The number of ether oxygens (including phenoxy) is 1. The first-order valence-corrected chi connectivity index (χ1v) is 10.2. The van der Waals surface area contributed by atoms with Gasteiger partial charge in [0.1, 0.15) is 5.65 Å². The Labute approximate surface area is 150 Å². The van der Waals surface area contributed by atoms with Crippen LogP contribution in [0.3, 0.4) is 0 Å². The molecule has 134 valence electrons. The van der Waals surface area contributed by atoms with Crippen molar-refractivity contribution in [3.63, 3.8) is 0 Å². The fourth-order valence-electron chi connectivity index (χ4n) is 5.39. The third-order valence-electron chi connectivity index (χ3n) is 6.72. The highest BCUT2D eigenvalue weighted by Gasteiger charge is 2.32. The van der Waals surface area contributed by atoms with Gasteiger partial charge in [-0.25, -0.2) is 4.98 Å². The minimum Gasteiger partial charge on any atom is -0.372 e. The molecule has 0 aromatic carbocycles. The first-order valence-electron chi connectivity index (χ1n) is 10.2. The van der Waals surface area contributed by atoms with Crippen LogP contribution in [0.15, 0.2) is 18.3 Å². The van der Waals surface area contributed by atoms with Gasteiger partial charge in [-0.1, -0.05) is 19.3 Å². The van der Waals surface area contributed by atoms with Crippen molar-refractivity contribution in [1.29, 1.82) is 0 Å². The summed E-state index contributed by atoms with van der Waals surface area (Å²) in [6, 6.07) is 4.28. The molecule has 0 amide bonds. The summed E-state index contributed by atoms with van der Waals surface area (Å²) in [6.45, 7) is 4.46. The molecule has 2 saturated heterocycles. The molecule has 25 heavy (non-hydrogen) atoms. The van der Waals surface area contributed by atoms with E-state index in [1.807, 2.05) is 6.20 Å². The second-order valence-electron chi connectivity index (χ2n) is 8.25. The Balaban J connectivity index is 1.42. The number of nitrogens with one attached hydrogen (secondary N) is 1. The molecule has 3 fully saturated rings. The van der Waals surface area contributed by atoms with Crippen LogP contribution in [0.5, 0.6) is 0 Å². The molecule has 0 radical (unpaired) electrons. The number of pyridine rings is 1. The molecule has 0 bridgehead atoms. The van der Waals surface area contributed by atoms with Crippen LogP contribution in [0, 0.1) is 11.8 Å². The maximum atomic E-state index is 6.01. The minimum absolute atomic E-state index is 0.233. The summed E-state index contributed by atoms with van der Waals surface area (Å²) in [4.78, 5) is 10.8. The topological polar surface area (TPSA) is 41.1 Å². The van der Waals surface area contributed by atoms with Gasteiger partial charge in [0.25, 0.3) is 0 Å². The second-order valence-corrected chi connectivity index (χ2v) is 8.25. The van der Waals surface area contributed by atoms with Crippen molar-refractivity contribution in [1.82, 2.24) is 14.9 Å². The van der Waals surface area contributed by atoms with E-state index in [9.17, 15) is 0 Å². The van der Waals surface area contributed by atoms with E-state index in [2.05, 4.69) is 27.0 Å². The smallest absolute Gasteiger partial charge is 0.137 e. The first-order chi connectivity index (χ1) is 12.4. The number of aromatic nitrogens is 2. The van der Waals surface area contributed by atoms with Crippen LogP contribution in [0.25, 0.3) is 11.0 Å². The molecule has 0 spiro atoms. The fraction of sp³-hybridized carbons (Fsp3) is 0.667. The zero-order valence-corrected chi connectivity index (χ0v) is 15.0. The number of rotatable bonds is 3. The molecule has 0 unspecified atom stereocenters. The predicted octanol–water partition coefficient (Wildman–Crippen LogP) is 4.43. The number of fused-ring (bicyclic) bond motifs is 2. The molecule has 1 N–H and O–H groups in total. The third kappa shape index (κ3) is 3.00. The number of hydrogen-bond acceptors (Lipinski definition) is 3. The highest BCUT2D eigenvalue weighted by atomic mass is 16.5. The van der Waals surface area contributed by atoms with Crippen LogP contribution < -0.4 is 0 Å². The van der Waals surface area contributed by atoms with Gasteiger partial charge in [-0.3, -0.25) is 4.90 Å². The van der Waals surface area contributed by atoms with Gasteiger partial charge < -0.3 is 9.72 Å². The van der Waals surface area contributed by atoms with Gasteiger partial charge >= 0.3 is 0 Å². The summed E-state index contributed by atoms with van der Waals surface area (Å²) >= 11 is 0. The van der Waals surface area contributed by atoms with Crippen LogP contribution in [-0.2, 0) is 11.3 Å². The van der Waals surface area contributed by atoms with Gasteiger partial charge in [0, 0.05) is 31.3 Å².